The molecule has 0 radical (unpaired) electrons. The third-order valence-corrected chi connectivity index (χ3v) is 4.06. The van der Waals surface area contributed by atoms with Crippen molar-refractivity contribution in [2.24, 2.45) is 0 Å². The molecule has 0 atom stereocenters. The molecule has 0 fully saturated rings. The van der Waals surface area contributed by atoms with Gasteiger partial charge in [0, 0.05) is 22.6 Å². The van der Waals surface area contributed by atoms with Crippen LogP contribution >= 0.6 is 27.5 Å². The second-order valence-electron chi connectivity index (χ2n) is 5.03. The van der Waals surface area contributed by atoms with E-state index in [0.717, 1.165) is 32.8 Å². The van der Waals surface area contributed by atoms with Gasteiger partial charge in [-0.3, -0.25) is 0 Å². The second-order valence-corrected chi connectivity index (χ2v) is 6.00. The standard InChI is InChI=1S/C16H17BrClNO/c1-10(2)13-7-15(11(3)6-14(13)18)20-16-5-4-12(8-17)9-19-16/h4-7,9-10H,8H2,1-3H3. The van der Waals surface area contributed by atoms with Gasteiger partial charge in [0.15, 0.2) is 0 Å². The third-order valence-electron chi connectivity index (χ3n) is 3.08. The van der Waals surface area contributed by atoms with E-state index in [1.165, 1.54) is 0 Å². The predicted molar refractivity (Wildman–Crippen MR) is 87.2 cm³/mol. The van der Waals surface area contributed by atoms with Crippen molar-refractivity contribution in [2.75, 3.05) is 0 Å². The first-order valence-electron chi connectivity index (χ1n) is 6.50. The lowest BCUT2D eigenvalue weighted by molar-refractivity contribution is 0.458. The molecular weight excluding hydrogens is 338 g/mol. The molecule has 0 aliphatic heterocycles. The number of hydrogen-bond acceptors (Lipinski definition) is 2. The van der Waals surface area contributed by atoms with Crippen LogP contribution in [0.2, 0.25) is 5.02 Å². The van der Waals surface area contributed by atoms with Gasteiger partial charge in [0.25, 0.3) is 0 Å². The van der Waals surface area contributed by atoms with Gasteiger partial charge < -0.3 is 4.74 Å². The van der Waals surface area contributed by atoms with Gasteiger partial charge in [-0.1, -0.05) is 47.4 Å². The summed E-state index contributed by atoms with van der Waals surface area (Å²) in [5.41, 5.74) is 3.21. The number of halogens is 2. The minimum Gasteiger partial charge on any atom is -0.439 e. The fourth-order valence-corrected chi connectivity index (χ4v) is 2.65. The second kappa shape index (κ2) is 6.59. The van der Waals surface area contributed by atoms with Gasteiger partial charge in [0.1, 0.15) is 5.75 Å². The maximum absolute atomic E-state index is 6.26. The predicted octanol–water partition coefficient (Wildman–Crippen LogP) is 5.85. The van der Waals surface area contributed by atoms with Crippen molar-refractivity contribution in [3.63, 3.8) is 0 Å². The molecule has 2 nitrogen and oxygen atoms in total. The Hall–Kier alpha value is -1.06. The van der Waals surface area contributed by atoms with Crippen LogP contribution < -0.4 is 4.74 Å². The lowest BCUT2D eigenvalue weighted by atomic mass is 10.0. The molecular formula is C16H17BrClNO. The Bertz CT molecular complexity index is 596. The number of ether oxygens (including phenoxy) is 1. The molecule has 0 N–H and O–H groups in total. The Morgan fingerprint density at radius 3 is 2.60 bits per heavy atom. The third kappa shape index (κ3) is 3.53. The van der Waals surface area contributed by atoms with Crippen LogP contribution in [-0.4, -0.2) is 4.98 Å². The normalized spacial score (nSPS) is 10.9. The van der Waals surface area contributed by atoms with Crippen molar-refractivity contribution in [1.82, 2.24) is 4.98 Å². The quantitative estimate of drug-likeness (QED) is 0.642. The molecule has 2 rings (SSSR count). The number of hydrogen-bond donors (Lipinski definition) is 0. The number of rotatable bonds is 4. The summed E-state index contributed by atoms with van der Waals surface area (Å²) in [5.74, 6) is 1.75. The molecule has 0 saturated carbocycles. The first kappa shape index (κ1) is 15.3. The highest BCUT2D eigenvalue weighted by molar-refractivity contribution is 9.08. The lowest BCUT2D eigenvalue weighted by Crippen LogP contribution is -1.95. The zero-order chi connectivity index (χ0) is 14.7. The lowest BCUT2D eigenvalue weighted by Gasteiger charge is -2.14. The summed E-state index contributed by atoms with van der Waals surface area (Å²) in [6.45, 7) is 6.21. The van der Waals surface area contributed by atoms with Crippen molar-refractivity contribution in [2.45, 2.75) is 32.0 Å². The molecule has 0 saturated heterocycles. The smallest absolute Gasteiger partial charge is 0.219 e. The number of aromatic nitrogens is 1. The minimum absolute atomic E-state index is 0.356. The van der Waals surface area contributed by atoms with Crippen molar-refractivity contribution in [1.29, 1.82) is 0 Å². The molecule has 4 heteroatoms. The summed E-state index contributed by atoms with van der Waals surface area (Å²) in [5, 5.41) is 1.57. The number of alkyl halides is 1. The summed E-state index contributed by atoms with van der Waals surface area (Å²) in [7, 11) is 0. The molecule has 0 bridgehead atoms. The molecule has 1 aromatic carbocycles. The van der Waals surface area contributed by atoms with E-state index < -0.39 is 0 Å². The zero-order valence-electron chi connectivity index (χ0n) is 11.8. The summed E-state index contributed by atoms with van der Waals surface area (Å²) in [6.07, 6.45) is 1.80. The van der Waals surface area contributed by atoms with E-state index in [9.17, 15) is 0 Å². The van der Waals surface area contributed by atoms with Crippen LogP contribution in [0.4, 0.5) is 0 Å². The maximum Gasteiger partial charge on any atom is 0.219 e. The van der Waals surface area contributed by atoms with Gasteiger partial charge in [-0.05, 0) is 41.7 Å². The summed E-state index contributed by atoms with van der Waals surface area (Å²) in [4.78, 5) is 4.30. The number of pyridine rings is 1. The molecule has 1 aromatic heterocycles. The highest BCUT2D eigenvalue weighted by Crippen LogP contribution is 2.33. The monoisotopic (exact) mass is 353 g/mol. The van der Waals surface area contributed by atoms with Gasteiger partial charge in [-0.15, -0.1) is 0 Å². The Balaban J connectivity index is 2.30. The zero-order valence-corrected chi connectivity index (χ0v) is 14.1. The first-order chi connectivity index (χ1) is 9.51. The molecule has 0 unspecified atom stereocenters. The average Bonchev–Trinajstić information content (AvgIpc) is 2.42. The Morgan fingerprint density at radius 1 is 1.30 bits per heavy atom. The van der Waals surface area contributed by atoms with Gasteiger partial charge in [-0.2, -0.15) is 0 Å². The SMILES string of the molecule is Cc1cc(Cl)c(C(C)C)cc1Oc1ccc(CBr)cn1. The highest BCUT2D eigenvalue weighted by Gasteiger charge is 2.11. The molecule has 0 aliphatic carbocycles. The van der Waals surface area contributed by atoms with Crippen molar-refractivity contribution in [3.05, 3.63) is 52.2 Å². The fourth-order valence-electron chi connectivity index (χ4n) is 1.88. The Kier molecular flexibility index (Phi) is 5.06. The highest BCUT2D eigenvalue weighted by atomic mass is 79.9. The van der Waals surface area contributed by atoms with E-state index in [2.05, 4.69) is 34.8 Å². The Morgan fingerprint density at radius 2 is 2.05 bits per heavy atom. The van der Waals surface area contributed by atoms with Gasteiger partial charge in [0.2, 0.25) is 5.88 Å². The van der Waals surface area contributed by atoms with Crippen LogP contribution in [0, 0.1) is 6.92 Å². The molecule has 1 heterocycles. The molecule has 0 amide bonds. The summed E-state index contributed by atoms with van der Waals surface area (Å²) < 4.78 is 5.87. The maximum atomic E-state index is 6.26. The molecule has 2 aromatic rings. The van der Waals surface area contributed by atoms with E-state index in [0.29, 0.717) is 11.8 Å². The van der Waals surface area contributed by atoms with Crippen molar-refractivity contribution in [3.8, 4) is 11.6 Å². The van der Waals surface area contributed by atoms with Crippen molar-refractivity contribution < 1.29 is 4.74 Å². The molecule has 20 heavy (non-hydrogen) atoms. The van der Waals surface area contributed by atoms with Gasteiger partial charge in [0.05, 0.1) is 0 Å². The van der Waals surface area contributed by atoms with E-state index >= 15 is 0 Å². The summed E-state index contributed by atoms with van der Waals surface area (Å²) in [6, 6.07) is 7.81. The number of benzene rings is 1. The average molecular weight is 355 g/mol. The Labute approximate surface area is 133 Å². The fraction of sp³-hybridized carbons (Fsp3) is 0.312. The van der Waals surface area contributed by atoms with Crippen LogP contribution in [0.1, 0.15) is 36.5 Å². The number of nitrogens with zero attached hydrogens (tertiary/aromatic N) is 1. The van der Waals surface area contributed by atoms with Crippen molar-refractivity contribution >= 4 is 27.5 Å². The van der Waals surface area contributed by atoms with Crippen LogP contribution in [-0.2, 0) is 5.33 Å². The van der Waals surface area contributed by atoms with Crippen LogP contribution in [0.5, 0.6) is 11.6 Å². The van der Waals surface area contributed by atoms with E-state index in [-0.39, 0.29) is 0 Å². The first-order valence-corrected chi connectivity index (χ1v) is 8.00. The summed E-state index contributed by atoms with van der Waals surface area (Å²) >= 11 is 9.66. The number of aryl methyl sites for hydroxylation is 1. The molecule has 0 aliphatic rings. The van der Waals surface area contributed by atoms with Crippen LogP contribution in [0.3, 0.4) is 0 Å². The van der Waals surface area contributed by atoms with Crippen LogP contribution in [0.25, 0.3) is 0 Å². The van der Waals surface area contributed by atoms with Crippen LogP contribution in [0.15, 0.2) is 30.5 Å². The van der Waals surface area contributed by atoms with E-state index in [4.69, 9.17) is 16.3 Å². The largest absolute Gasteiger partial charge is 0.439 e. The van der Waals surface area contributed by atoms with Gasteiger partial charge >= 0.3 is 0 Å². The topological polar surface area (TPSA) is 22.1 Å². The van der Waals surface area contributed by atoms with E-state index in [1.807, 2.05) is 31.2 Å². The van der Waals surface area contributed by atoms with E-state index in [1.54, 1.807) is 6.20 Å². The molecule has 0 spiro atoms. The molecule has 106 valence electrons. The van der Waals surface area contributed by atoms with Gasteiger partial charge in [-0.25, -0.2) is 4.98 Å². The minimum atomic E-state index is 0.356.